The lowest BCUT2D eigenvalue weighted by atomic mass is 9.87. The minimum absolute atomic E-state index is 0.0223. The molecule has 0 aromatic heterocycles. The maximum atomic E-state index is 14.2. The van der Waals surface area contributed by atoms with Gasteiger partial charge in [-0.25, -0.2) is 8.78 Å². The molecule has 2 fully saturated rings. The van der Waals surface area contributed by atoms with Crippen LogP contribution in [-0.4, -0.2) is 47.5 Å². The van der Waals surface area contributed by atoms with E-state index in [2.05, 4.69) is 4.90 Å². The lowest BCUT2D eigenvalue weighted by Crippen LogP contribution is -2.44. The van der Waals surface area contributed by atoms with Crippen molar-refractivity contribution < 1.29 is 18.3 Å². The first-order valence-electron chi connectivity index (χ1n) is 10.8. The van der Waals surface area contributed by atoms with E-state index in [1.165, 1.54) is 12.1 Å². The highest BCUT2D eigenvalue weighted by Crippen LogP contribution is 2.39. The van der Waals surface area contributed by atoms with Crippen molar-refractivity contribution in [1.29, 1.82) is 0 Å². The zero-order chi connectivity index (χ0) is 21.8. The molecule has 2 aromatic rings. The van der Waals surface area contributed by atoms with Crippen molar-refractivity contribution in [2.75, 3.05) is 26.2 Å². The summed E-state index contributed by atoms with van der Waals surface area (Å²) in [5.41, 5.74) is 0.329. The van der Waals surface area contributed by atoms with Gasteiger partial charge in [0.25, 0.3) is 5.91 Å². The molecule has 1 unspecified atom stereocenters. The second-order valence-corrected chi connectivity index (χ2v) is 8.90. The Labute approximate surface area is 186 Å². The smallest absolute Gasteiger partial charge is 0.260 e. The van der Waals surface area contributed by atoms with Crippen LogP contribution >= 0.6 is 11.6 Å². The van der Waals surface area contributed by atoms with Crippen molar-refractivity contribution in [3.63, 3.8) is 0 Å². The molecular formula is C24H27ClF2N2O2. The molecule has 0 saturated carbocycles. The second-order valence-electron chi connectivity index (χ2n) is 8.47. The summed E-state index contributed by atoms with van der Waals surface area (Å²) in [6.07, 6.45) is 4.70. The van der Waals surface area contributed by atoms with Gasteiger partial charge in [0.2, 0.25) is 0 Å². The third kappa shape index (κ3) is 5.18. The van der Waals surface area contributed by atoms with Gasteiger partial charge in [0, 0.05) is 35.8 Å². The monoisotopic (exact) mass is 448 g/mol. The van der Waals surface area contributed by atoms with Crippen molar-refractivity contribution in [1.82, 2.24) is 9.80 Å². The maximum absolute atomic E-state index is 14.2. The van der Waals surface area contributed by atoms with Gasteiger partial charge in [-0.1, -0.05) is 17.7 Å². The van der Waals surface area contributed by atoms with E-state index in [0.717, 1.165) is 44.7 Å². The van der Waals surface area contributed by atoms with Gasteiger partial charge >= 0.3 is 0 Å². The van der Waals surface area contributed by atoms with Gasteiger partial charge in [-0.05, 0) is 75.0 Å². The number of rotatable bonds is 5. The van der Waals surface area contributed by atoms with Crippen molar-refractivity contribution in [3.8, 4) is 5.75 Å². The van der Waals surface area contributed by atoms with Crippen molar-refractivity contribution in [2.45, 2.75) is 44.2 Å². The van der Waals surface area contributed by atoms with Crippen molar-refractivity contribution in [3.05, 3.63) is 64.7 Å². The summed E-state index contributed by atoms with van der Waals surface area (Å²) < 4.78 is 33.5. The molecule has 31 heavy (non-hydrogen) atoms. The second kappa shape index (κ2) is 9.53. The SMILES string of the molecule is O=C(COc1cccc(Cl)c1)N1CCCC2(CCCN2Cc2cc(F)ccc2F)CC1. The molecule has 166 valence electrons. The van der Waals surface area contributed by atoms with Crippen molar-refractivity contribution in [2.24, 2.45) is 0 Å². The topological polar surface area (TPSA) is 32.8 Å². The predicted octanol–water partition coefficient (Wildman–Crippen LogP) is 5.04. The molecule has 2 saturated heterocycles. The molecule has 1 spiro atoms. The minimum atomic E-state index is -0.415. The first kappa shape index (κ1) is 22.0. The van der Waals surface area contributed by atoms with E-state index in [9.17, 15) is 13.6 Å². The molecule has 2 heterocycles. The average Bonchev–Trinajstić information content (AvgIpc) is 2.99. The van der Waals surface area contributed by atoms with E-state index in [0.29, 0.717) is 36.0 Å². The molecule has 2 aromatic carbocycles. The number of nitrogens with zero attached hydrogens (tertiary/aromatic N) is 2. The molecule has 0 bridgehead atoms. The summed E-state index contributed by atoms with van der Waals surface area (Å²) in [6, 6.07) is 10.6. The van der Waals surface area contributed by atoms with E-state index in [1.807, 2.05) is 4.90 Å². The summed E-state index contributed by atoms with van der Waals surface area (Å²) in [4.78, 5) is 16.9. The fourth-order valence-electron chi connectivity index (χ4n) is 4.90. The highest BCUT2D eigenvalue weighted by Gasteiger charge is 2.42. The third-order valence-electron chi connectivity index (χ3n) is 6.54. The Bertz CT molecular complexity index is 942. The zero-order valence-corrected chi connectivity index (χ0v) is 18.2. The van der Waals surface area contributed by atoms with Crippen molar-refractivity contribution >= 4 is 17.5 Å². The van der Waals surface area contributed by atoms with E-state index < -0.39 is 5.82 Å². The van der Waals surface area contributed by atoms with Crippen LogP contribution < -0.4 is 4.74 Å². The highest BCUT2D eigenvalue weighted by atomic mass is 35.5. The number of carbonyl (C=O) groups is 1. The summed E-state index contributed by atoms with van der Waals surface area (Å²) >= 11 is 5.97. The first-order valence-corrected chi connectivity index (χ1v) is 11.2. The van der Waals surface area contributed by atoms with Crippen LogP contribution in [0.25, 0.3) is 0 Å². The summed E-state index contributed by atoms with van der Waals surface area (Å²) in [6.45, 7) is 2.56. The fraction of sp³-hybridized carbons (Fsp3) is 0.458. The Morgan fingerprint density at radius 2 is 1.84 bits per heavy atom. The highest BCUT2D eigenvalue weighted by molar-refractivity contribution is 6.30. The van der Waals surface area contributed by atoms with Gasteiger partial charge in [0.1, 0.15) is 17.4 Å². The minimum Gasteiger partial charge on any atom is -0.484 e. The molecule has 7 heteroatoms. The predicted molar refractivity (Wildman–Crippen MR) is 116 cm³/mol. The number of carbonyl (C=O) groups excluding carboxylic acids is 1. The molecule has 1 amide bonds. The number of hydrogen-bond donors (Lipinski definition) is 0. The number of benzene rings is 2. The number of halogens is 3. The van der Waals surface area contributed by atoms with E-state index in [1.54, 1.807) is 24.3 Å². The quantitative estimate of drug-likeness (QED) is 0.642. The average molecular weight is 449 g/mol. The normalized spacial score (nSPS) is 22.0. The van der Waals surface area contributed by atoms with E-state index in [4.69, 9.17) is 16.3 Å². The van der Waals surface area contributed by atoms with Crippen LogP contribution in [0.5, 0.6) is 5.75 Å². The molecule has 4 nitrogen and oxygen atoms in total. The Kier molecular flexibility index (Phi) is 6.77. The molecule has 1 atom stereocenters. The molecule has 2 aliphatic heterocycles. The first-order chi connectivity index (χ1) is 14.9. The Hall–Kier alpha value is -2.18. The van der Waals surface area contributed by atoms with E-state index >= 15 is 0 Å². The lowest BCUT2D eigenvalue weighted by Gasteiger charge is -2.38. The maximum Gasteiger partial charge on any atom is 0.260 e. The molecule has 4 rings (SSSR count). The van der Waals surface area contributed by atoms with Gasteiger partial charge in [0.05, 0.1) is 0 Å². The largest absolute Gasteiger partial charge is 0.484 e. The molecule has 0 radical (unpaired) electrons. The fourth-order valence-corrected chi connectivity index (χ4v) is 5.08. The summed E-state index contributed by atoms with van der Waals surface area (Å²) in [7, 11) is 0. The number of hydrogen-bond acceptors (Lipinski definition) is 3. The summed E-state index contributed by atoms with van der Waals surface area (Å²) in [5.74, 6) is -0.252. The summed E-state index contributed by atoms with van der Waals surface area (Å²) in [5, 5.41) is 0.567. The standard InChI is InChI=1S/C24H27ClF2N2O2/c25-19-4-1-5-21(15-19)31-17-23(30)28-11-2-8-24(10-13-28)9-3-12-29(24)16-18-14-20(26)6-7-22(18)27/h1,4-7,14-15H,2-3,8-13,16-17H2. The van der Waals surface area contributed by atoms with Gasteiger partial charge < -0.3 is 9.64 Å². The molecule has 2 aliphatic rings. The Morgan fingerprint density at radius 1 is 1.03 bits per heavy atom. The number of likely N-dealkylation sites (tertiary alicyclic amines) is 2. The van der Waals surface area contributed by atoms with Crippen LogP contribution in [0.4, 0.5) is 8.78 Å². The molecule has 0 N–H and O–H groups in total. The molecular weight excluding hydrogens is 422 g/mol. The van der Waals surface area contributed by atoms with Crippen LogP contribution in [0, 0.1) is 11.6 Å². The van der Waals surface area contributed by atoms with Crippen LogP contribution in [0.15, 0.2) is 42.5 Å². The van der Waals surface area contributed by atoms with Crippen LogP contribution in [0.3, 0.4) is 0 Å². The molecule has 0 aliphatic carbocycles. The van der Waals surface area contributed by atoms with Crippen LogP contribution in [0.2, 0.25) is 5.02 Å². The number of amides is 1. The number of ether oxygens (including phenoxy) is 1. The van der Waals surface area contributed by atoms with Gasteiger partial charge in [-0.15, -0.1) is 0 Å². The third-order valence-corrected chi connectivity index (χ3v) is 6.77. The zero-order valence-electron chi connectivity index (χ0n) is 17.5. The lowest BCUT2D eigenvalue weighted by molar-refractivity contribution is -0.133. The Morgan fingerprint density at radius 3 is 2.65 bits per heavy atom. The van der Waals surface area contributed by atoms with Gasteiger partial charge in [0.15, 0.2) is 6.61 Å². The Balaban J connectivity index is 1.38. The van der Waals surface area contributed by atoms with Crippen LogP contribution in [-0.2, 0) is 11.3 Å². The van der Waals surface area contributed by atoms with Gasteiger partial charge in [-0.3, -0.25) is 9.69 Å². The van der Waals surface area contributed by atoms with Gasteiger partial charge in [-0.2, -0.15) is 0 Å². The van der Waals surface area contributed by atoms with Crippen LogP contribution in [0.1, 0.15) is 37.7 Å². The van der Waals surface area contributed by atoms with E-state index in [-0.39, 0.29) is 23.9 Å².